The minimum atomic E-state index is 0. The van der Waals surface area contributed by atoms with E-state index in [0.29, 0.717) is 0 Å². The molecule has 0 amide bonds. The third kappa shape index (κ3) is 0.0101. The summed E-state index contributed by atoms with van der Waals surface area (Å²) in [6, 6.07) is 0. The van der Waals surface area contributed by atoms with E-state index in [1.165, 1.54) is 0 Å². The molecule has 1 radical (unpaired) electrons. The molecule has 0 bridgehead atoms. The van der Waals surface area contributed by atoms with Gasteiger partial charge in [0.05, 0.1) is 0 Å². The van der Waals surface area contributed by atoms with Gasteiger partial charge in [-0.2, -0.15) is 0 Å². The van der Waals surface area contributed by atoms with Gasteiger partial charge in [0.1, 0.15) is 0 Å². The van der Waals surface area contributed by atoms with E-state index in [1.807, 2.05) is 0 Å². The molecule has 0 aliphatic heterocycles. The van der Waals surface area contributed by atoms with E-state index in [2.05, 4.69) is 0 Å². The molecule has 3 N–H and O–H groups in total. The second-order valence-electron chi connectivity index (χ2n) is 0. The normalized spacial score (nSPS) is 0. The SMILES string of the molecule is [Bk].[OH-].[OH-].[OH-]. The van der Waals surface area contributed by atoms with Crippen molar-refractivity contribution >= 4 is 0 Å². The van der Waals surface area contributed by atoms with Crippen LogP contribution in [0.5, 0.6) is 0 Å². The van der Waals surface area contributed by atoms with Crippen molar-refractivity contribution in [3.63, 3.8) is 0 Å². The Morgan fingerprint density at radius 1 is 0.500 bits per heavy atom. The van der Waals surface area contributed by atoms with Crippen molar-refractivity contribution in [2.45, 2.75) is 0 Å². The molecule has 0 rings (SSSR count). The van der Waals surface area contributed by atoms with Gasteiger partial charge in [0, 0.05) is 0 Å². The van der Waals surface area contributed by atoms with Crippen LogP contribution in [0.3, 0.4) is 0 Å². The summed E-state index contributed by atoms with van der Waals surface area (Å²) in [5.41, 5.74) is 0. The summed E-state index contributed by atoms with van der Waals surface area (Å²) in [6.07, 6.45) is 0. The quantitative estimate of drug-likeness (QED) is 0.602. The van der Waals surface area contributed by atoms with Crippen molar-refractivity contribution in [2.24, 2.45) is 0 Å². The van der Waals surface area contributed by atoms with Gasteiger partial charge in [0.25, 0.3) is 0 Å². The maximum absolute atomic E-state index is 0. The third-order valence-corrected chi connectivity index (χ3v) is 0. The molecule has 33 valence electrons. The van der Waals surface area contributed by atoms with Gasteiger partial charge in [-0.25, -0.2) is 0 Å². The summed E-state index contributed by atoms with van der Waals surface area (Å²) in [5, 5.41) is 0. The Kier molecular flexibility index (Phi) is 2.35. The number of rotatable bonds is 0. The summed E-state index contributed by atoms with van der Waals surface area (Å²) in [4.78, 5) is 0. The maximum Gasteiger partial charge on any atom is 0 e. The molecule has 0 aliphatic carbocycles. The average molecular weight is 298 g/mol. The second kappa shape index (κ2) is 1.16. The Morgan fingerprint density at radius 3 is 0.500 bits per heavy atom. The van der Waals surface area contributed by atoms with Crippen LogP contribution in [-0.2, 0) is 0 Å². The summed E-state index contributed by atoms with van der Waals surface area (Å²) < 4.78 is 0. The van der Waals surface area contributed by atoms with Crippen LogP contribution >= 0.6 is 0 Å². The first kappa shape index (κ1) is 8.11. The Balaban J connectivity index is 0. The van der Waals surface area contributed by atoms with Crippen LogP contribution in [0.1, 0.15) is 0 Å². The van der Waals surface area contributed by atoms with Crippen molar-refractivity contribution < 1.29 is 16.4 Å². The van der Waals surface area contributed by atoms with Gasteiger partial charge >= 0.3 is 0 Å². The molecule has 0 aromatic carbocycles. The van der Waals surface area contributed by atoms with Crippen LogP contribution in [0.4, 0.5) is 0 Å². The molecule has 0 saturated carbocycles. The van der Waals surface area contributed by atoms with Crippen molar-refractivity contribution in [3.05, 3.63) is 0 Å². The molecule has 0 spiro atoms. The van der Waals surface area contributed by atoms with Crippen molar-refractivity contribution in [3.8, 4) is 0 Å². The van der Waals surface area contributed by atoms with Gasteiger partial charge < -0.3 is 16.4 Å². The van der Waals surface area contributed by atoms with E-state index < -0.39 is 0 Å². The molecular weight excluding hydrogens is 295 g/mol. The van der Waals surface area contributed by atoms with Gasteiger partial charge in [-0.15, -0.1) is 0 Å². The first-order valence-corrected chi connectivity index (χ1v) is 0. The molecule has 0 unspecified atom stereocenters. The van der Waals surface area contributed by atoms with Gasteiger partial charge in [-0.05, 0) is 0 Å². The smallest absolute Gasteiger partial charge is 0 e. The van der Waals surface area contributed by atoms with E-state index in [-0.39, 0.29) is 16.4 Å². The molecule has 0 fully saturated rings. The van der Waals surface area contributed by atoms with E-state index in [9.17, 15) is 0 Å². The molecule has 4 heteroatoms. The number of hydrogen-bond acceptors (Lipinski definition) is 3. The summed E-state index contributed by atoms with van der Waals surface area (Å²) in [6.45, 7) is 0. The zero-order chi connectivity index (χ0) is 0. The molecule has 0 aliphatic rings. The minimum Gasteiger partial charge on any atom is -0.870 e. The summed E-state index contributed by atoms with van der Waals surface area (Å²) in [7, 11) is 0. The topological polar surface area (TPSA) is 90.0 Å². The Morgan fingerprint density at radius 2 is 0.500 bits per heavy atom. The Labute approximate surface area is 17.8 Å². The Bertz CT molecular complexity index is 3.25. The van der Waals surface area contributed by atoms with Crippen LogP contribution in [-0.4, -0.2) is 16.4 Å². The first-order valence-electron chi connectivity index (χ1n) is 0. The van der Waals surface area contributed by atoms with Gasteiger partial charge in [0.15, 0.2) is 0 Å². The molecule has 0 saturated heterocycles. The Hall–Kier alpha value is -1.12. The van der Waals surface area contributed by atoms with E-state index in [1.54, 1.807) is 0 Å². The second-order valence-corrected chi connectivity index (χ2v) is 0. The van der Waals surface area contributed by atoms with E-state index in [0.717, 1.165) is 0 Å². The molecule has 3 nitrogen and oxygen atoms in total. The van der Waals surface area contributed by atoms with Crippen molar-refractivity contribution in [1.29, 1.82) is 0 Å². The fourth-order valence-corrected chi connectivity index (χ4v) is 0. The van der Waals surface area contributed by atoms with E-state index in [4.69, 9.17) is 0 Å². The fourth-order valence-electron chi connectivity index (χ4n) is 0. The van der Waals surface area contributed by atoms with E-state index >= 15 is 0 Å². The first-order chi connectivity index (χ1) is 0. The molecule has 4 heavy (non-hydrogen) atoms. The van der Waals surface area contributed by atoms with Gasteiger partial charge in [-0.3, -0.25) is 0 Å². The van der Waals surface area contributed by atoms with Crippen molar-refractivity contribution in [1.82, 2.24) is 0 Å². The summed E-state index contributed by atoms with van der Waals surface area (Å²) >= 11 is 0. The number of hydrogen-bond donors (Lipinski definition) is 0. The predicted octanol–water partition coefficient (Wildman–Crippen LogP) is -0.530. The van der Waals surface area contributed by atoms with Crippen molar-refractivity contribution in [2.75, 3.05) is 0 Å². The molecule has 0 heterocycles. The fraction of sp³-hybridized carbons (Fsp3) is 0. The van der Waals surface area contributed by atoms with Crippen LogP contribution < -0.4 is 0 Å². The monoisotopic (exact) mass is 298 g/mol. The third-order valence-electron chi connectivity index (χ3n) is 0. The van der Waals surface area contributed by atoms with Crippen LogP contribution in [0.15, 0.2) is 0 Å². The summed E-state index contributed by atoms with van der Waals surface area (Å²) in [5.74, 6) is 0. The zero-order valence-electron chi connectivity index (χ0n) is 1.67. The van der Waals surface area contributed by atoms with Crippen LogP contribution in [0, 0.1) is 0 Å². The predicted molar refractivity (Wildman–Crippen MR) is 5.81 cm³/mol. The van der Waals surface area contributed by atoms with Gasteiger partial charge in [0.2, 0.25) is 0 Å². The zero-order valence-corrected chi connectivity index (χ0v) is 4.45. The minimum absolute atomic E-state index is 0. The molecule has 0 aromatic heterocycles. The molecular formula is H3BkO3-3. The largest absolute Gasteiger partial charge is 0.870 e. The van der Waals surface area contributed by atoms with Gasteiger partial charge in [-0.1, -0.05) is 0 Å². The average Bonchev–Trinajstić information content (AvgIpc) is 0. The van der Waals surface area contributed by atoms with Crippen LogP contribution in [0.25, 0.3) is 0 Å². The van der Waals surface area contributed by atoms with Crippen LogP contribution in [0.2, 0.25) is 0 Å². The standard InChI is InChI=1S/Bk.3H2O/h;3*1H2/p-3. The molecule has 0 atom stereocenters. The maximum atomic E-state index is 0. The molecule has 0 aromatic rings.